The molecule has 1 aromatic rings. The Kier molecular flexibility index (Phi) is 9.88. The van der Waals surface area contributed by atoms with E-state index in [1.165, 1.54) is 7.11 Å². The van der Waals surface area contributed by atoms with Crippen LogP contribution in [0, 0.1) is 17.8 Å². The molecule has 1 aliphatic carbocycles. The smallest absolute Gasteiger partial charge is 0.335 e. The number of carbonyl (C=O) groups is 2. The van der Waals surface area contributed by atoms with Gasteiger partial charge in [-0.25, -0.2) is 4.79 Å². The van der Waals surface area contributed by atoms with Gasteiger partial charge >= 0.3 is 5.97 Å². The molecule has 0 bridgehead atoms. The normalized spacial score (nSPS) is 21.9. The lowest BCUT2D eigenvalue weighted by Gasteiger charge is -2.16. The lowest BCUT2D eigenvalue weighted by molar-refractivity contribution is -0.150. The van der Waals surface area contributed by atoms with Gasteiger partial charge in [-0.1, -0.05) is 36.7 Å². The molecule has 2 rings (SSSR count). The zero-order chi connectivity index (χ0) is 21.9. The number of ether oxygens (including phenoxy) is 2. The van der Waals surface area contributed by atoms with E-state index in [2.05, 4.69) is 29.5 Å². The van der Waals surface area contributed by atoms with Crippen LogP contribution in [0.2, 0.25) is 5.02 Å². The highest BCUT2D eigenvalue weighted by Crippen LogP contribution is 2.37. The minimum atomic E-state index is -1.19. The van der Waals surface area contributed by atoms with Crippen LogP contribution in [0.5, 0.6) is 5.75 Å². The summed E-state index contributed by atoms with van der Waals surface area (Å²) in [7, 11) is 1.23. The van der Waals surface area contributed by atoms with Gasteiger partial charge in [-0.05, 0) is 55.0 Å². The molecule has 30 heavy (non-hydrogen) atoms. The van der Waals surface area contributed by atoms with Crippen LogP contribution in [-0.2, 0) is 14.3 Å². The van der Waals surface area contributed by atoms with Crippen LogP contribution in [0.4, 0.5) is 0 Å². The largest absolute Gasteiger partial charge is 0.493 e. The molecule has 0 radical (unpaired) electrons. The molecule has 4 atom stereocenters. The SMILES string of the molecule is COC(=O)C(O)CC=C=CC[C@H]1C(=O)C[C@@H](C)[C@@H]1/C=C/CCOc1cccc(Cl)c1. The van der Waals surface area contributed by atoms with Crippen molar-refractivity contribution < 1.29 is 24.2 Å². The molecule has 1 aromatic carbocycles. The van der Waals surface area contributed by atoms with Gasteiger partial charge < -0.3 is 14.6 Å². The standard InChI is InChI=1S/C24H29ClO5/c1-17-15-23(27)21(12-4-3-5-13-22(26)24(28)29-2)20(17)11-6-7-14-30-19-10-8-9-18(25)16-19/h4-6,8-11,16-17,20-22,26H,7,12-15H2,1-2H3/b11-6+/t3?,17-,20+,21-,22?/m1/s1. The van der Waals surface area contributed by atoms with E-state index in [1.807, 2.05) is 12.1 Å². The van der Waals surface area contributed by atoms with E-state index in [9.17, 15) is 14.7 Å². The van der Waals surface area contributed by atoms with Gasteiger partial charge in [0, 0.05) is 23.8 Å². The second kappa shape index (κ2) is 12.4. The zero-order valence-corrected chi connectivity index (χ0v) is 18.2. The van der Waals surface area contributed by atoms with E-state index in [0.717, 1.165) is 12.2 Å². The fourth-order valence-electron chi connectivity index (χ4n) is 3.57. The van der Waals surface area contributed by atoms with Crippen molar-refractivity contribution in [3.8, 4) is 5.75 Å². The van der Waals surface area contributed by atoms with E-state index in [4.69, 9.17) is 16.3 Å². The van der Waals surface area contributed by atoms with Crippen LogP contribution < -0.4 is 4.74 Å². The Morgan fingerprint density at radius 3 is 2.93 bits per heavy atom. The first kappa shape index (κ1) is 23.9. The van der Waals surface area contributed by atoms with Crippen molar-refractivity contribution in [1.82, 2.24) is 0 Å². The Hall–Kier alpha value is -2.33. The first-order valence-corrected chi connectivity index (χ1v) is 10.5. The second-order valence-electron chi connectivity index (χ2n) is 7.44. The molecule has 1 fully saturated rings. The van der Waals surface area contributed by atoms with Crippen molar-refractivity contribution in [2.75, 3.05) is 13.7 Å². The fourth-order valence-corrected chi connectivity index (χ4v) is 3.75. The van der Waals surface area contributed by atoms with Gasteiger partial charge in [0.05, 0.1) is 13.7 Å². The summed E-state index contributed by atoms with van der Waals surface area (Å²) in [5.74, 6) is 0.745. The Morgan fingerprint density at radius 1 is 1.40 bits per heavy atom. The number of allylic oxidation sites excluding steroid dienone is 1. The number of methoxy groups -OCH3 is 1. The van der Waals surface area contributed by atoms with Crippen molar-refractivity contribution in [3.63, 3.8) is 0 Å². The van der Waals surface area contributed by atoms with E-state index in [-0.39, 0.29) is 24.0 Å². The maximum Gasteiger partial charge on any atom is 0.335 e. The predicted octanol–water partition coefficient (Wildman–Crippen LogP) is 4.53. The number of ketones is 1. The summed E-state index contributed by atoms with van der Waals surface area (Å²) in [4.78, 5) is 23.5. The van der Waals surface area contributed by atoms with Crippen molar-refractivity contribution in [2.45, 2.75) is 38.7 Å². The highest BCUT2D eigenvalue weighted by Gasteiger charge is 2.37. The van der Waals surface area contributed by atoms with Gasteiger partial charge in [-0.2, -0.15) is 0 Å². The van der Waals surface area contributed by atoms with Crippen molar-refractivity contribution in [2.24, 2.45) is 17.8 Å². The average Bonchev–Trinajstić information content (AvgIpc) is 2.99. The topological polar surface area (TPSA) is 72.8 Å². The van der Waals surface area contributed by atoms with Gasteiger partial charge in [0.2, 0.25) is 0 Å². The summed E-state index contributed by atoms with van der Waals surface area (Å²) in [5.41, 5.74) is 2.95. The van der Waals surface area contributed by atoms with E-state index in [1.54, 1.807) is 24.3 Å². The third-order valence-electron chi connectivity index (χ3n) is 5.19. The highest BCUT2D eigenvalue weighted by molar-refractivity contribution is 6.30. The lowest BCUT2D eigenvalue weighted by atomic mass is 9.87. The van der Waals surface area contributed by atoms with Crippen LogP contribution in [0.1, 0.15) is 32.6 Å². The summed E-state index contributed by atoms with van der Waals surface area (Å²) in [5, 5.41) is 10.2. The summed E-state index contributed by atoms with van der Waals surface area (Å²) in [6, 6.07) is 7.30. The number of benzene rings is 1. The van der Waals surface area contributed by atoms with Crippen molar-refractivity contribution >= 4 is 23.4 Å². The fraction of sp³-hybridized carbons (Fsp3) is 0.458. The molecule has 1 unspecified atom stereocenters. The number of Topliss-reactive ketones (excluding diaryl/α,β-unsaturated/α-hetero) is 1. The molecule has 6 heteroatoms. The van der Waals surface area contributed by atoms with Crippen molar-refractivity contribution in [3.05, 3.63) is 59.3 Å². The number of hydrogen-bond acceptors (Lipinski definition) is 5. The number of aliphatic hydroxyl groups is 1. The number of esters is 1. The molecule has 0 aliphatic heterocycles. The molecule has 162 valence electrons. The third kappa shape index (κ3) is 7.49. The van der Waals surface area contributed by atoms with Crippen LogP contribution in [0.25, 0.3) is 0 Å². The number of halogens is 1. The van der Waals surface area contributed by atoms with E-state index in [0.29, 0.717) is 30.4 Å². The number of hydrogen-bond donors (Lipinski definition) is 1. The van der Waals surface area contributed by atoms with Gasteiger partial charge in [0.25, 0.3) is 0 Å². The molecular formula is C24H29ClO5. The lowest BCUT2D eigenvalue weighted by Crippen LogP contribution is -2.20. The van der Waals surface area contributed by atoms with Gasteiger partial charge in [0.1, 0.15) is 11.5 Å². The average molecular weight is 433 g/mol. The van der Waals surface area contributed by atoms with Gasteiger partial charge in [-0.3, -0.25) is 4.79 Å². The number of carbonyl (C=O) groups excluding carboxylic acids is 2. The minimum Gasteiger partial charge on any atom is -0.493 e. The molecule has 0 amide bonds. The first-order valence-electron chi connectivity index (χ1n) is 10.2. The monoisotopic (exact) mass is 432 g/mol. The molecular weight excluding hydrogens is 404 g/mol. The predicted molar refractivity (Wildman–Crippen MR) is 116 cm³/mol. The van der Waals surface area contributed by atoms with Crippen LogP contribution >= 0.6 is 11.6 Å². The maximum absolute atomic E-state index is 12.4. The van der Waals surface area contributed by atoms with Gasteiger partial charge in [0.15, 0.2) is 6.10 Å². The number of rotatable bonds is 10. The molecule has 1 N–H and O–H groups in total. The Balaban J connectivity index is 1.83. The minimum absolute atomic E-state index is 0.0727. The van der Waals surface area contributed by atoms with Crippen LogP contribution in [0.15, 0.2) is 54.3 Å². The Bertz CT molecular complexity index is 810. The molecule has 0 heterocycles. The van der Waals surface area contributed by atoms with Gasteiger partial charge in [-0.15, -0.1) is 5.73 Å². The summed E-state index contributed by atoms with van der Waals surface area (Å²) >= 11 is 5.94. The third-order valence-corrected chi connectivity index (χ3v) is 5.42. The summed E-state index contributed by atoms with van der Waals surface area (Å²) in [6.45, 7) is 2.64. The van der Waals surface area contributed by atoms with Crippen molar-refractivity contribution in [1.29, 1.82) is 0 Å². The first-order chi connectivity index (χ1) is 14.4. The van der Waals surface area contributed by atoms with Crippen LogP contribution in [0.3, 0.4) is 0 Å². The summed E-state index contributed by atoms with van der Waals surface area (Å²) < 4.78 is 10.1. The number of aliphatic hydroxyl groups excluding tert-OH is 1. The molecule has 0 aromatic heterocycles. The zero-order valence-electron chi connectivity index (χ0n) is 17.4. The Labute approximate surface area is 183 Å². The molecule has 1 saturated carbocycles. The Morgan fingerprint density at radius 2 is 2.20 bits per heavy atom. The summed E-state index contributed by atoms with van der Waals surface area (Å²) in [6.07, 6.45) is 8.44. The van der Waals surface area contributed by atoms with E-state index < -0.39 is 12.1 Å². The quantitative estimate of drug-likeness (QED) is 0.254. The molecule has 0 saturated heterocycles. The van der Waals surface area contributed by atoms with E-state index >= 15 is 0 Å². The van der Waals surface area contributed by atoms with Crippen LogP contribution in [-0.4, -0.2) is 36.7 Å². The highest BCUT2D eigenvalue weighted by atomic mass is 35.5. The maximum atomic E-state index is 12.4. The molecule has 5 nitrogen and oxygen atoms in total. The molecule has 0 spiro atoms. The second-order valence-corrected chi connectivity index (χ2v) is 7.88. The molecule has 1 aliphatic rings.